The fourth-order valence-corrected chi connectivity index (χ4v) is 5.22. The van der Waals surface area contributed by atoms with E-state index >= 15 is 0 Å². The van der Waals surface area contributed by atoms with Crippen LogP contribution in [0, 0.1) is 10.1 Å². The van der Waals surface area contributed by atoms with Crippen LogP contribution >= 0.6 is 0 Å². The average molecular weight is 448 g/mol. The van der Waals surface area contributed by atoms with Crippen LogP contribution in [-0.4, -0.2) is 62.4 Å². The highest BCUT2D eigenvalue weighted by Crippen LogP contribution is 2.26. The zero-order valence-electron chi connectivity index (χ0n) is 17.4. The summed E-state index contributed by atoms with van der Waals surface area (Å²) in [6, 6.07) is 13.0. The van der Waals surface area contributed by atoms with Crippen molar-refractivity contribution in [1.82, 2.24) is 4.90 Å². The third-order valence-corrected chi connectivity index (χ3v) is 6.94. The summed E-state index contributed by atoms with van der Waals surface area (Å²) in [5.74, 6) is -0.487. The van der Waals surface area contributed by atoms with Gasteiger partial charge < -0.3 is 14.5 Å². The molecule has 2 aromatic rings. The second-order valence-electron chi connectivity index (χ2n) is 7.65. The molecule has 1 aliphatic rings. The van der Waals surface area contributed by atoms with Crippen molar-refractivity contribution in [2.45, 2.75) is 19.0 Å². The van der Waals surface area contributed by atoms with Crippen LogP contribution in [0.1, 0.15) is 12.0 Å². The predicted octanol–water partition coefficient (Wildman–Crippen LogP) is 2.26. The second kappa shape index (κ2) is 9.34. The molecule has 31 heavy (non-hydrogen) atoms. The molecule has 1 atom stereocenters. The van der Waals surface area contributed by atoms with Gasteiger partial charge in [0.2, 0.25) is 0 Å². The maximum atomic E-state index is 13.0. The Labute approximate surface area is 181 Å². The summed E-state index contributed by atoms with van der Waals surface area (Å²) in [6.45, 7) is -0.190. The van der Waals surface area contributed by atoms with E-state index in [1.807, 2.05) is 43.3 Å². The molecule has 9 nitrogen and oxygen atoms in total. The molecular formula is C21H25N3O6S. The number of anilines is 1. The minimum absolute atomic E-state index is 0.00446. The Morgan fingerprint density at radius 2 is 1.84 bits per heavy atom. The molecular weight excluding hydrogens is 422 g/mol. The second-order valence-corrected chi connectivity index (χ2v) is 9.88. The highest BCUT2D eigenvalue weighted by molar-refractivity contribution is 7.91. The van der Waals surface area contributed by atoms with E-state index in [-0.39, 0.29) is 29.5 Å². The quantitative estimate of drug-likeness (QED) is 0.451. The van der Waals surface area contributed by atoms with Crippen LogP contribution in [0.25, 0.3) is 0 Å². The third kappa shape index (κ3) is 5.72. The number of nitro benzene ring substituents is 1. The molecule has 0 aliphatic carbocycles. The summed E-state index contributed by atoms with van der Waals surface area (Å²) in [6.07, 6.45) is 0.356. The van der Waals surface area contributed by atoms with E-state index in [1.165, 1.54) is 23.1 Å². The fraction of sp³-hybridized carbons (Fsp3) is 0.381. The molecule has 0 saturated carbocycles. The van der Waals surface area contributed by atoms with E-state index in [2.05, 4.69) is 0 Å². The number of amides is 1. The average Bonchev–Trinajstić information content (AvgIpc) is 3.10. The molecule has 0 N–H and O–H groups in total. The first-order chi connectivity index (χ1) is 14.7. The van der Waals surface area contributed by atoms with Crippen molar-refractivity contribution in [2.75, 3.05) is 37.1 Å². The van der Waals surface area contributed by atoms with Gasteiger partial charge in [0, 0.05) is 38.4 Å². The van der Waals surface area contributed by atoms with Crippen LogP contribution in [-0.2, 0) is 21.2 Å². The number of sulfone groups is 1. The van der Waals surface area contributed by atoms with Crippen LogP contribution in [0.4, 0.5) is 11.4 Å². The molecule has 1 amide bonds. The maximum absolute atomic E-state index is 13.0. The van der Waals surface area contributed by atoms with E-state index in [4.69, 9.17) is 4.74 Å². The van der Waals surface area contributed by atoms with Gasteiger partial charge in [-0.1, -0.05) is 24.3 Å². The van der Waals surface area contributed by atoms with E-state index in [0.717, 1.165) is 11.3 Å². The molecule has 10 heteroatoms. The van der Waals surface area contributed by atoms with E-state index in [0.29, 0.717) is 6.42 Å². The van der Waals surface area contributed by atoms with E-state index < -0.39 is 33.3 Å². The molecule has 0 spiro atoms. The van der Waals surface area contributed by atoms with Crippen molar-refractivity contribution in [1.29, 1.82) is 0 Å². The van der Waals surface area contributed by atoms with Crippen LogP contribution < -0.4 is 9.64 Å². The summed E-state index contributed by atoms with van der Waals surface area (Å²) >= 11 is 0. The van der Waals surface area contributed by atoms with Crippen LogP contribution in [0.15, 0.2) is 48.5 Å². The monoisotopic (exact) mass is 447 g/mol. The summed E-state index contributed by atoms with van der Waals surface area (Å²) in [5, 5.41) is 11.2. The van der Waals surface area contributed by atoms with Gasteiger partial charge >= 0.3 is 5.69 Å². The molecule has 1 aliphatic heterocycles. The van der Waals surface area contributed by atoms with Crippen molar-refractivity contribution in [3.63, 3.8) is 0 Å². The number of ether oxygens (including phenoxy) is 1. The van der Waals surface area contributed by atoms with Crippen LogP contribution in [0.3, 0.4) is 0 Å². The van der Waals surface area contributed by atoms with Crippen molar-refractivity contribution >= 4 is 27.1 Å². The van der Waals surface area contributed by atoms with Crippen molar-refractivity contribution in [2.24, 2.45) is 0 Å². The first-order valence-electron chi connectivity index (χ1n) is 9.78. The van der Waals surface area contributed by atoms with E-state index in [9.17, 15) is 23.3 Å². The fourth-order valence-electron chi connectivity index (χ4n) is 3.49. The lowest BCUT2D eigenvalue weighted by Crippen LogP contribution is -2.43. The summed E-state index contributed by atoms with van der Waals surface area (Å²) in [5.41, 5.74) is 1.63. The molecule has 3 rings (SSSR count). The van der Waals surface area contributed by atoms with Gasteiger partial charge in [-0.3, -0.25) is 14.9 Å². The Morgan fingerprint density at radius 1 is 1.16 bits per heavy atom. The first kappa shape index (κ1) is 22.5. The van der Waals surface area contributed by atoms with Gasteiger partial charge in [0.1, 0.15) is 0 Å². The Hall–Kier alpha value is -3.14. The SMILES string of the molecule is CN(C)c1ccc(CN(C(=O)COc2ccccc2[N+](=O)[O-])[C@H]2CCS(=O)(=O)C2)cc1. The van der Waals surface area contributed by atoms with Gasteiger partial charge in [-0.15, -0.1) is 0 Å². The lowest BCUT2D eigenvalue weighted by Gasteiger charge is -2.28. The standard InChI is InChI=1S/C21H25N3O6S/c1-22(2)17-9-7-16(8-10-17)13-23(18-11-12-31(28,29)15-18)21(25)14-30-20-6-4-3-5-19(20)24(26)27/h3-10,18H,11-15H2,1-2H3/t18-/m0/s1. The van der Waals surface area contributed by atoms with Crippen LogP contribution in [0.5, 0.6) is 5.75 Å². The minimum atomic E-state index is -3.20. The largest absolute Gasteiger partial charge is 0.477 e. The van der Waals surface area contributed by atoms with Gasteiger partial charge in [0.05, 0.1) is 16.4 Å². The summed E-state index contributed by atoms with van der Waals surface area (Å²) < 4.78 is 29.4. The molecule has 0 bridgehead atoms. The maximum Gasteiger partial charge on any atom is 0.310 e. The predicted molar refractivity (Wildman–Crippen MR) is 117 cm³/mol. The van der Waals surface area contributed by atoms with Crippen molar-refractivity contribution in [3.8, 4) is 5.75 Å². The molecule has 0 aromatic heterocycles. The molecule has 1 fully saturated rings. The Morgan fingerprint density at radius 3 is 2.42 bits per heavy atom. The van der Waals surface area contributed by atoms with Gasteiger partial charge in [0.15, 0.2) is 22.2 Å². The number of hydrogen-bond donors (Lipinski definition) is 0. The summed E-state index contributed by atoms with van der Waals surface area (Å²) in [7, 11) is 0.650. The molecule has 166 valence electrons. The Balaban J connectivity index is 1.77. The number of carbonyl (C=O) groups excluding carboxylic acids is 1. The number of carbonyl (C=O) groups is 1. The Bertz CT molecular complexity index is 1050. The van der Waals surface area contributed by atoms with Gasteiger partial charge in [-0.2, -0.15) is 0 Å². The Kier molecular flexibility index (Phi) is 6.79. The molecule has 0 unspecified atom stereocenters. The number of para-hydroxylation sites is 2. The number of hydrogen-bond acceptors (Lipinski definition) is 7. The van der Waals surface area contributed by atoms with Crippen molar-refractivity contribution < 1.29 is 22.9 Å². The van der Waals surface area contributed by atoms with E-state index in [1.54, 1.807) is 6.07 Å². The molecule has 1 heterocycles. The van der Waals surface area contributed by atoms with Gasteiger partial charge in [-0.05, 0) is 30.2 Å². The third-order valence-electron chi connectivity index (χ3n) is 5.19. The lowest BCUT2D eigenvalue weighted by atomic mass is 10.1. The zero-order valence-corrected chi connectivity index (χ0v) is 18.2. The highest BCUT2D eigenvalue weighted by atomic mass is 32.2. The summed E-state index contributed by atoms with van der Waals surface area (Å²) in [4.78, 5) is 27.0. The van der Waals surface area contributed by atoms with Gasteiger partial charge in [0.25, 0.3) is 5.91 Å². The molecule has 2 aromatic carbocycles. The highest BCUT2D eigenvalue weighted by Gasteiger charge is 2.35. The lowest BCUT2D eigenvalue weighted by molar-refractivity contribution is -0.385. The normalized spacial score (nSPS) is 17.2. The van der Waals surface area contributed by atoms with Crippen molar-refractivity contribution in [3.05, 3.63) is 64.2 Å². The minimum Gasteiger partial charge on any atom is -0.477 e. The number of nitro groups is 1. The topological polar surface area (TPSA) is 110 Å². The number of benzene rings is 2. The zero-order chi connectivity index (χ0) is 22.6. The smallest absolute Gasteiger partial charge is 0.310 e. The van der Waals surface area contributed by atoms with Crippen LogP contribution in [0.2, 0.25) is 0 Å². The molecule has 0 radical (unpaired) electrons. The number of nitrogens with zero attached hydrogens (tertiary/aromatic N) is 3. The number of rotatable bonds is 8. The molecule has 1 saturated heterocycles. The first-order valence-corrected chi connectivity index (χ1v) is 11.6. The van der Waals surface area contributed by atoms with Gasteiger partial charge in [-0.25, -0.2) is 8.42 Å².